The molecule has 3 aromatic carbocycles. The molecule has 0 saturated heterocycles. The van der Waals surface area contributed by atoms with Crippen LogP contribution in [0.3, 0.4) is 0 Å². The highest BCUT2D eigenvalue weighted by atomic mass is 32.2. The molecule has 0 radical (unpaired) electrons. The van der Waals surface area contributed by atoms with Crippen molar-refractivity contribution in [1.29, 1.82) is 0 Å². The zero-order chi connectivity index (χ0) is 33.1. The van der Waals surface area contributed by atoms with Crippen molar-refractivity contribution in [3.8, 4) is 0 Å². The molecule has 4 saturated carbocycles. The Morgan fingerprint density at radius 3 is 1.74 bits per heavy atom. The molecule has 4 aliphatic carbocycles. The molecule has 4 bridgehead atoms. The number of alkyl halides is 6. The van der Waals surface area contributed by atoms with Gasteiger partial charge >= 0.3 is 23.9 Å². The predicted molar refractivity (Wildman–Crippen MR) is 158 cm³/mol. The zero-order valence-corrected chi connectivity index (χ0v) is 25.9. The summed E-state index contributed by atoms with van der Waals surface area (Å²) < 4.78 is 121. The smallest absolute Gasteiger partial charge is 0.438 e. The first-order chi connectivity index (χ1) is 21.5. The number of esters is 1. The third-order valence-electron chi connectivity index (χ3n) is 9.73. The summed E-state index contributed by atoms with van der Waals surface area (Å²) in [5.74, 6) is -5.23. The van der Waals surface area contributed by atoms with Crippen molar-refractivity contribution in [1.82, 2.24) is 0 Å². The first-order valence-corrected chi connectivity index (χ1v) is 17.6. The van der Waals surface area contributed by atoms with Gasteiger partial charge in [-0.1, -0.05) is 54.6 Å². The minimum absolute atomic E-state index is 0.0138. The van der Waals surface area contributed by atoms with Crippen LogP contribution in [0.15, 0.2) is 99.6 Å². The Hall–Kier alpha value is -3.03. The highest BCUT2D eigenvalue weighted by Gasteiger charge is 2.77. The van der Waals surface area contributed by atoms with Crippen molar-refractivity contribution >= 4 is 27.0 Å². The highest BCUT2D eigenvalue weighted by Crippen LogP contribution is 2.66. The van der Waals surface area contributed by atoms with E-state index in [-0.39, 0.29) is 42.9 Å². The van der Waals surface area contributed by atoms with Gasteiger partial charge in [-0.3, -0.25) is 9.35 Å². The van der Waals surface area contributed by atoms with E-state index >= 15 is 0 Å². The van der Waals surface area contributed by atoms with Gasteiger partial charge in [-0.15, -0.1) is 0 Å². The predicted octanol–water partition coefficient (Wildman–Crippen LogP) is 7.99. The number of ether oxygens (including phenoxy) is 1. The van der Waals surface area contributed by atoms with Gasteiger partial charge < -0.3 is 4.74 Å². The van der Waals surface area contributed by atoms with Crippen molar-refractivity contribution in [2.75, 3.05) is 5.75 Å². The van der Waals surface area contributed by atoms with Gasteiger partial charge in [0.05, 0.1) is 16.3 Å². The number of carbonyl (C=O) groups is 1. The SMILES string of the molecule is O=C(OC(CS(=O)(=O)O)(C(F)(F)F)C(F)(F)F)C12CC3CC(C1)C(c1ccccc1[S+](c1ccccc1)c1ccccc1)C(C3)C2. The maximum Gasteiger partial charge on any atom is 0.438 e. The average Bonchev–Trinajstić information content (AvgIpc) is 2.96. The molecule has 3 aromatic rings. The van der Waals surface area contributed by atoms with Crippen LogP contribution in [-0.4, -0.2) is 42.6 Å². The molecule has 7 rings (SSSR count). The first kappa shape index (κ1) is 32.9. The molecule has 13 heteroatoms. The summed E-state index contributed by atoms with van der Waals surface area (Å²) in [5.41, 5.74) is -5.99. The summed E-state index contributed by atoms with van der Waals surface area (Å²) in [5, 5.41) is 0. The zero-order valence-electron chi connectivity index (χ0n) is 24.3. The topological polar surface area (TPSA) is 80.7 Å². The fourth-order valence-corrected chi connectivity index (χ4v) is 11.4. The average molecular weight is 686 g/mol. The minimum atomic E-state index is -6.36. The van der Waals surface area contributed by atoms with Crippen LogP contribution in [0.25, 0.3) is 0 Å². The van der Waals surface area contributed by atoms with Crippen LogP contribution in [-0.2, 0) is 30.5 Å². The third kappa shape index (κ3) is 5.83. The summed E-state index contributed by atoms with van der Waals surface area (Å²) >= 11 is 0. The lowest BCUT2D eigenvalue weighted by atomic mass is 9.45. The Bertz CT molecular complexity index is 1630. The lowest BCUT2D eigenvalue weighted by Gasteiger charge is -2.59. The van der Waals surface area contributed by atoms with Gasteiger partial charge in [0, 0.05) is 5.56 Å². The number of hydrogen-bond donors (Lipinski definition) is 1. The molecule has 0 aromatic heterocycles. The molecule has 46 heavy (non-hydrogen) atoms. The molecular formula is C33H31F6O5S2+. The minimum Gasteiger partial charge on any atom is -0.438 e. The summed E-state index contributed by atoms with van der Waals surface area (Å²) in [4.78, 5) is 16.8. The van der Waals surface area contributed by atoms with Crippen LogP contribution in [0.1, 0.15) is 43.6 Å². The maximum atomic E-state index is 14.0. The molecule has 2 unspecified atom stereocenters. The molecule has 0 spiro atoms. The molecule has 0 amide bonds. The second kappa shape index (κ2) is 11.6. The molecule has 0 aliphatic heterocycles. The van der Waals surface area contributed by atoms with E-state index in [1.54, 1.807) is 0 Å². The fraction of sp³-hybridized carbons (Fsp3) is 0.424. The van der Waals surface area contributed by atoms with Crippen LogP contribution >= 0.6 is 0 Å². The maximum absolute atomic E-state index is 14.0. The molecule has 5 nitrogen and oxygen atoms in total. The number of carbonyl (C=O) groups excluding carboxylic acids is 1. The fourth-order valence-electron chi connectivity index (χ4n) is 8.22. The number of hydrogen-bond acceptors (Lipinski definition) is 4. The van der Waals surface area contributed by atoms with E-state index in [1.807, 2.05) is 54.6 Å². The number of rotatable bonds is 8. The molecule has 246 valence electrons. The Morgan fingerprint density at radius 1 is 0.783 bits per heavy atom. The van der Waals surface area contributed by atoms with Gasteiger partial charge in [0.1, 0.15) is 5.75 Å². The van der Waals surface area contributed by atoms with E-state index in [2.05, 4.69) is 35.1 Å². The summed E-state index contributed by atoms with van der Waals surface area (Å²) in [6.07, 6.45) is -11.3. The van der Waals surface area contributed by atoms with Crippen LogP contribution < -0.4 is 0 Å². The molecule has 4 aliphatic rings. The van der Waals surface area contributed by atoms with Gasteiger partial charge in [0.25, 0.3) is 10.1 Å². The van der Waals surface area contributed by atoms with Crippen LogP contribution in [0.5, 0.6) is 0 Å². The lowest BCUT2D eigenvalue weighted by molar-refractivity contribution is -0.364. The van der Waals surface area contributed by atoms with Gasteiger partial charge in [-0.2, -0.15) is 34.8 Å². The van der Waals surface area contributed by atoms with E-state index in [0.29, 0.717) is 12.8 Å². The molecule has 1 N–H and O–H groups in total. The first-order valence-electron chi connectivity index (χ1n) is 14.8. The second-order valence-electron chi connectivity index (χ2n) is 12.7. The monoisotopic (exact) mass is 685 g/mol. The van der Waals surface area contributed by atoms with Crippen LogP contribution in [0.2, 0.25) is 0 Å². The summed E-state index contributed by atoms with van der Waals surface area (Å²) in [7, 11) is -6.39. The highest BCUT2D eigenvalue weighted by molar-refractivity contribution is 7.97. The van der Waals surface area contributed by atoms with Gasteiger partial charge in [-0.05, 0) is 86.1 Å². The lowest BCUT2D eigenvalue weighted by Crippen LogP contribution is -2.65. The van der Waals surface area contributed by atoms with Crippen molar-refractivity contribution in [2.45, 2.75) is 70.7 Å². The molecule has 0 heterocycles. The normalized spacial score (nSPS) is 26.3. The van der Waals surface area contributed by atoms with E-state index in [4.69, 9.17) is 4.55 Å². The molecular weight excluding hydrogens is 654 g/mol. The number of halogens is 6. The van der Waals surface area contributed by atoms with E-state index in [9.17, 15) is 39.6 Å². The Labute approximate surface area is 265 Å². The standard InChI is InChI=1S/C33H30F6O5S2/c34-32(35,36)31(33(37,38)39,20-46(41,42)43)44-29(40)30-17-21-15-22(18-30)28(23(16-21)19-30)26-13-7-8-14-27(26)45(24-9-3-1-4-10-24)25-11-5-2-6-12-25/h1-14,21-23,28H,15-20H2/p+1. The van der Waals surface area contributed by atoms with Crippen molar-refractivity contribution in [3.05, 3.63) is 90.5 Å². The van der Waals surface area contributed by atoms with Gasteiger partial charge in [-0.25, -0.2) is 0 Å². The van der Waals surface area contributed by atoms with Crippen LogP contribution in [0, 0.1) is 23.2 Å². The molecule has 4 fully saturated rings. The largest absolute Gasteiger partial charge is 0.438 e. The van der Waals surface area contributed by atoms with Gasteiger partial charge in [0.2, 0.25) is 0 Å². The third-order valence-corrected chi connectivity index (χ3v) is 12.8. The summed E-state index contributed by atoms with van der Waals surface area (Å²) in [6.45, 7) is 0. The van der Waals surface area contributed by atoms with E-state index in [0.717, 1.165) is 20.2 Å². The van der Waals surface area contributed by atoms with Crippen molar-refractivity contribution in [3.63, 3.8) is 0 Å². The molecule has 2 atom stereocenters. The Kier molecular flexibility index (Phi) is 8.29. The Morgan fingerprint density at radius 2 is 1.26 bits per heavy atom. The van der Waals surface area contributed by atoms with Crippen molar-refractivity contribution in [2.24, 2.45) is 23.2 Å². The van der Waals surface area contributed by atoms with Gasteiger partial charge in [0.15, 0.2) is 14.7 Å². The number of benzene rings is 3. The second-order valence-corrected chi connectivity index (χ2v) is 16.1. The Balaban J connectivity index is 1.37. The quantitative estimate of drug-likeness (QED) is 0.113. The van der Waals surface area contributed by atoms with E-state index < -0.39 is 56.1 Å². The van der Waals surface area contributed by atoms with Crippen molar-refractivity contribution < 1.29 is 48.8 Å². The van der Waals surface area contributed by atoms with Crippen LogP contribution in [0.4, 0.5) is 26.3 Å². The summed E-state index contributed by atoms with van der Waals surface area (Å²) in [6, 6.07) is 27.9. The van der Waals surface area contributed by atoms with E-state index in [1.165, 1.54) is 0 Å².